The van der Waals surface area contributed by atoms with Crippen LogP contribution in [0.15, 0.2) is 116 Å². The van der Waals surface area contributed by atoms with Gasteiger partial charge in [-0.2, -0.15) is 0 Å². The Bertz CT molecular complexity index is 2490. The maximum absolute atomic E-state index is 14.4. The molecule has 0 saturated carbocycles. The summed E-state index contributed by atoms with van der Waals surface area (Å²) in [4.78, 5) is 78.9. The number of para-hydroxylation sites is 1. The zero-order valence-corrected chi connectivity index (χ0v) is 33.9. The molecule has 6 rings (SSSR count). The SMILES string of the molecule is N=C(N)NCCC[C@H](NC(=O)[C@@H](Cc1ccccc1)NC(=O)[C@@H](N)Cc1c[nH]cn1)C(=O)N[C@@H](Cc1ccc2ccccc2c1)C(=O)N[C@H](Cc1c[nH]c2ccccc12)C(=O)O. The number of carbonyl (C=O) groups is 5. The van der Waals surface area contributed by atoms with Gasteiger partial charge in [-0.3, -0.25) is 24.6 Å². The van der Waals surface area contributed by atoms with Crippen LogP contribution >= 0.6 is 0 Å². The van der Waals surface area contributed by atoms with Crippen LogP contribution in [0.5, 0.6) is 0 Å². The topological polar surface area (TPSA) is 286 Å². The molecule has 0 unspecified atom stereocenters. The summed E-state index contributed by atoms with van der Waals surface area (Å²) in [5.74, 6) is -4.32. The highest BCUT2D eigenvalue weighted by Gasteiger charge is 2.32. The van der Waals surface area contributed by atoms with Crippen LogP contribution < -0.4 is 38.1 Å². The van der Waals surface area contributed by atoms with Gasteiger partial charge in [-0.15, -0.1) is 0 Å². The fraction of sp³-hybridized carbons (Fsp3) is 0.267. The van der Waals surface area contributed by atoms with Crippen molar-refractivity contribution in [3.63, 3.8) is 0 Å². The molecule has 2 heterocycles. The minimum Gasteiger partial charge on any atom is -0.480 e. The van der Waals surface area contributed by atoms with E-state index in [4.69, 9.17) is 16.9 Å². The van der Waals surface area contributed by atoms with Gasteiger partial charge in [0.05, 0.1) is 18.1 Å². The van der Waals surface area contributed by atoms with Crippen molar-refractivity contribution in [3.05, 3.63) is 138 Å². The molecule has 4 amide bonds. The number of hydrogen-bond acceptors (Lipinski definition) is 8. The molecular formula is C45H51N11O6. The van der Waals surface area contributed by atoms with Crippen molar-refractivity contribution in [1.29, 1.82) is 5.41 Å². The molecule has 5 atom stereocenters. The Balaban J connectivity index is 1.25. The highest BCUT2D eigenvalue weighted by atomic mass is 16.4. The average molecular weight is 842 g/mol. The molecule has 0 aliphatic carbocycles. The van der Waals surface area contributed by atoms with Crippen molar-refractivity contribution in [2.24, 2.45) is 11.5 Å². The molecule has 13 N–H and O–H groups in total. The second kappa shape index (κ2) is 21.1. The Labute approximate surface area is 357 Å². The number of nitrogens with one attached hydrogen (secondary N) is 8. The number of nitrogens with two attached hydrogens (primary N) is 2. The van der Waals surface area contributed by atoms with E-state index in [1.54, 1.807) is 36.7 Å². The Hall–Kier alpha value is -7.53. The van der Waals surface area contributed by atoms with Gasteiger partial charge in [0.25, 0.3) is 0 Å². The minimum absolute atomic E-state index is 0.0189. The Morgan fingerprint density at radius 3 is 2.02 bits per heavy atom. The van der Waals surface area contributed by atoms with Gasteiger partial charge < -0.3 is 53.1 Å². The summed E-state index contributed by atoms with van der Waals surface area (Å²) in [6.07, 6.45) is 5.19. The Kier molecular flexibility index (Phi) is 15.0. The quantitative estimate of drug-likeness (QED) is 0.0285. The van der Waals surface area contributed by atoms with E-state index in [9.17, 15) is 29.1 Å². The molecule has 0 aliphatic rings. The first-order valence-corrected chi connectivity index (χ1v) is 20.3. The lowest BCUT2D eigenvalue weighted by molar-refractivity contribution is -0.142. The molecule has 322 valence electrons. The maximum atomic E-state index is 14.4. The van der Waals surface area contributed by atoms with Gasteiger partial charge in [-0.1, -0.05) is 91.0 Å². The zero-order valence-electron chi connectivity index (χ0n) is 33.9. The highest BCUT2D eigenvalue weighted by Crippen LogP contribution is 2.20. The molecule has 62 heavy (non-hydrogen) atoms. The monoisotopic (exact) mass is 841 g/mol. The van der Waals surface area contributed by atoms with Crippen LogP contribution in [-0.4, -0.2) is 92.4 Å². The molecule has 0 bridgehead atoms. The molecule has 2 aromatic heterocycles. The third kappa shape index (κ3) is 12.3. The Morgan fingerprint density at radius 2 is 1.31 bits per heavy atom. The number of carbonyl (C=O) groups excluding carboxylic acids is 4. The van der Waals surface area contributed by atoms with Crippen LogP contribution in [0.4, 0.5) is 0 Å². The normalized spacial score (nSPS) is 13.6. The fourth-order valence-electron chi connectivity index (χ4n) is 7.20. The number of guanidine groups is 1. The van der Waals surface area contributed by atoms with E-state index in [1.165, 1.54) is 6.33 Å². The number of aliphatic carboxylic acids is 1. The van der Waals surface area contributed by atoms with Crippen LogP contribution in [0, 0.1) is 5.41 Å². The minimum atomic E-state index is -1.35. The van der Waals surface area contributed by atoms with E-state index >= 15 is 0 Å². The summed E-state index contributed by atoms with van der Waals surface area (Å²) in [7, 11) is 0. The van der Waals surface area contributed by atoms with E-state index in [1.807, 2.05) is 72.8 Å². The molecule has 17 heteroatoms. The lowest BCUT2D eigenvalue weighted by Crippen LogP contribution is -2.59. The predicted octanol–water partition coefficient (Wildman–Crippen LogP) is 1.93. The number of carboxylic acids is 1. The number of rotatable bonds is 21. The standard InChI is InChI=1S/C45H51N11O6/c46-34(23-32-25-49-26-52-32)40(57)54-37(20-27-9-2-1-3-10-27)42(59)53-36(15-8-18-50-45(47)48)41(58)55-38(21-28-16-17-29-11-4-5-12-30(29)19-28)43(60)56-39(44(61)62)22-31-24-51-35-14-7-6-13-33(31)35/h1-7,9-14,16-17,19,24-26,34,36-39,51H,8,15,18,20-23,46H2,(H,49,52)(H,53,59)(H,54,57)(H,55,58)(H,56,60)(H,61,62)(H4,47,48,50)/t34-,36-,37+,38-,39+/m0/s1. The number of hydrogen-bond donors (Lipinski definition) is 11. The van der Waals surface area contributed by atoms with Gasteiger partial charge in [-0.05, 0) is 46.4 Å². The van der Waals surface area contributed by atoms with E-state index in [-0.39, 0.29) is 51.0 Å². The van der Waals surface area contributed by atoms with Crippen LogP contribution in [0.2, 0.25) is 0 Å². The first-order valence-electron chi connectivity index (χ1n) is 20.3. The molecule has 0 spiro atoms. The van der Waals surface area contributed by atoms with Crippen molar-refractivity contribution in [3.8, 4) is 0 Å². The lowest BCUT2D eigenvalue weighted by atomic mass is 9.99. The van der Waals surface area contributed by atoms with E-state index < -0.39 is 59.8 Å². The fourth-order valence-corrected chi connectivity index (χ4v) is 7.20. The van der Waals surface area contributed by atoms with Crippen molar-refractivity contribution in [2.75, 3.05) is 6.54 Å². The van der Waals surface area contributed by atoms with Gasteiger partial charge in [0, 0.05) is 55.5 Å². The summed E-state index contributed by atoms with van der Waals surface area (Å²) >= 11 is 0. The number of aromatic nitrogens is 3. The number of amides is 4. The van der Waals surface area contributed by atoms with Gasteiger partial charge in [0.2, 0.25) is 23.6 Å². The molecule has 17 nitrogen and oxygen atoms in total. The number of imidazole rings is 1. The molecule has 4 aromatic carbocycles. The number of H-pyrrole nitrogens is 2. The van der Waals surface area contributed by atoms with Crippen LogP contribution in [0.1, 0.15) is 35.2 Å². The van der Waals surface area contributed by atoms with Gasteiger partial charge in [-0.25, -0.2) is 9.78 Å². The number of carboxylic acid groups (broad SMARTS) is 1. The zero-order chi connectivity index (χ0) is 44.0. The molecule has 0 fully saturated rings. The highest BCUT2D eigenvalue weighted by molar-refractivity contribution is 5.96. The van der Waals surface area contributed by atoms with Crippen LogP contribution in [-0.2, 0) is 49.7 Å². The summed E-state index contributed by atoms with van der Waals surface area (Å²) in [6, 6.07) is 23.6. The third-order valence-corrected chi connectivity index (χ3v) is 10.5. The number of aromatic amines is 2. The van der Waals surface area contributed by atoms with Crippen LogP contribution in [0.3, 0.4) is 0 Å². The molecular weight excluding hydrogens is 791 g/mol. The number of fused-ring (bicyclic) bond motifs is 2. The number of benzene rings is 4. The molecule has 0 radical (unpaired) electrons. The van der Waals surface area contributed by atoms with Crippen molar-refractivity contribution < 1.29 is 29.1 Å². The lowest BCUT2D eigenvalue weighted by Gasteiger charge is -2.27. The second-order valence-corrected chi connectivity index (χ2v) is 15.1. The van der Waals surface area contributed by atoms with Gasteiger partial charge in [0.1, 0.15) is 24.2 Å². The first-order chi connectivity index (χ1) is 29.9. The molecule has 6 aromatic rings. The average Bonchev–Trinajstić information content (AvgIpc) is 3.94. The largest absolute Gasteiger partial charge is 0.480 e. The summed E-state index contributed by atoms with van der Waals surface area (Å²) in [5.41, 5.74) is 15.2. The van der Waals surface area contributed by atoms with Crippen molar-refractivity contribution in [2.45, 2.75) is 68.7 Å². The van der Waals surface area contributed by atoms with Crippen molar-refractivity contribution >= 4 is 57.2 Å². The third-order valence-electron chi connectivity index (χ3n) is 10.5. The Morgan fingerprint density at radius 1 is 0.677 bits per heavy atom. The summed E-state index contributed by atoms with van der Waals surface area (Å²) < 4.78 is 0. The van der Waals surface area contributed by atoms with E-state index in [0.29, 0.717) is 16.8 Å². The predicted molar refractivity (Wildman–Crippen MR) is 235 cm³/mol. The smallest absolute Gasteiger partial charge is 0.326 e. The van der Waals surface area contributed by atoms with Crippen LogP contribution in [0.25, 0.3) is 21.7 Å². The van der Waals surface area contributed by atoms with Gasteiger partial charge in [0.15, 0.2) is 5.96 Å². The second-order valence-electron chi connectivity index (χ2n) is 15.1. The first kappa shape index (κ1) is 44.0. The van der Waals surface area contributed by atoms with Crippen molar-refractivity contribution in [1.82, 2.24) is 41.5 Å². The van der Waals surface area contributed by atoms with E-state index in [2.05, 4.69) is 41.5 Å². The summed E-state index contributed by atoms with van der Waals surface area (Å²) in [5, 5.41) is 34.2. The molecule has 0 aliphatic heterocycles. The molecule has 0 saturated heterocycles. The maximum Gasteiger partial charge on any atom is 0.326 e. The summed E-state index contributed by atoms with van der Waals surface area (Å²) in [6.45, 7) is 0.191. The number of nitrogens with zero attached hydrogens (tertiary/aromatic N) is 1. The van der Waals surface area contributed by atoms with E-state index in [0.717, 1.165) is 27.2 Å². The van der Waals surface area contributed by atoms with Gasteiger partial charge >= 0.3 is 5.97 Å².